The topological polar surface area (TPSA) is 98.1 Å². The molecule has 0 aliphatic heterocycles. The van der Waals surface area contributed by atoms with Crippen molar-refractivity contribution in [3.8, 4) is 5.75 Å². The Morgan fingerprint density at radius 3 is 2.85 bits per heavy atom. The van der Waals surface area contributed by atoms with Crippen LogP contribution >= 0.6 is 11.8 Å². The van der Waals surface area contributed by atoms with Crippen molar-refractivity contribution in [1.82, 2.24) is 25.4 Å². The zero-order chi connectivity index (χ0) is 19.8. The van der Waals surface area contributed by atoms with Gasteiger partial charge in [0.15, 0.2) is 11.0 Å². The van der Waals surface area contributed by atoms with Gasteiger partial charge in [0.1, 0.15) is 12.4 Å². The Labute approximate surface area is 162 Å². The van der Waals surface area contributed by atoms with Crippen molar-refractivity contribution in [3.63, 3.8) is 0 Å². The first kappa shape index (κ1) is 20.5. The summed E-state index contributed by atoms with van der Waals surface area (Å²) in [4.78, 5) is 23.3. The van der Waals surface area contributed by atoms with Crippen molar-refractivity contribution in [2.24, 2.45) is 0 Å². The van der Waals surface area contributed by atoms with Gasteiger partial charge in [-0.15, -0.1) is 16.8 Å². The molecule has 0 spiro atoms. The van der Waals surface area contributed by atoms with Crippen LogP contribution in [0, 0.1) is 6.92 Å². The summed E-state index contributed by atoms with van der Waals surface area (Å²) in [6.45, 7) is 8.16. The predicted molar refractivity (Wildman–Crippen MR) is 104 cm³/mol. The normalized spacial score (nSPS) is 11.5. The molecule has 0 saturated carbocycles. The van der Waals surface area contributed by atoms with Crippen LogP contribution in [0.2, 0.25) is 0 Å². The van der Waals surface area contributed by atoms with E-state index in [0.717, 1.165) is 11.3 Å². The van der Waals surface area contributed by atoms with Gasteiger partial charge in [-0.1, -0.05) is 30.0 Å². The first-order chi connectivity index (χ1) is 12.9. The minimum absolute atomic E-state index is 0.240. The summed E-state index contributed by atoms with van der Waals surface area (Å²) in [6, 6.07) is 7.18. The van der Waals surface area contributed by atoms with Crippen LogP contribution in [0.25, 0.3) is 0 Å². The Balaban J connectivity index is 2.08. The highest BCUT2D eigenvalue weighted by Gasteiger charge is 2.21. The Morgan fingerprint density at radius 2 is 2.19 bits per heavy atom. The van der Waals surface area contributed by atoms with E-state index in [0.29, 0.717) is 17.5 Å². The maximum Gasteiger partial charge on any atom is 0.321 e. The molecule has 1 aromatic carbocycles. The molecule has 0 aliphatic carbocycles. The first-order valence-corrected chi connectivity index (χ1v) is 9.24. The molecule has 0 aliphatic rings. The van der Waals surface area contributed by atoms with Crippen molar-refractivity contribution < 1.29 is 14.3 Å². The quantitative estimate of drug-likeness (QED) is 0.531. The van der Waals surface area contributed by atoms with Gasteiger partial charge in [0, 0.05) is 13.6 Å². The molecule has 1 atom stereocenters. The van der Waals surface area contributed by atoms with Gasteiger partial charge in [0.25, 0.3) is 0 Å². The van der Waals surface area contributed by atoms with E-state index in [1.165, 1.54) is 18.8 Å². The largest absolute Gasteiger partial charge is 0.486 e. The highest BCUT2D eigenvalue weighted by Crippen LogP contribution is 2.23. The fourth-order valence-corrected chi connectivity index (χ4v) is 3.04. The number of aromatic nitrogens is 3. The third-order valence-corrected chi connectivity index (χ3v) is 4.66. The molecule has 1 heterocycles. The molecule has 0 unspecified atom stereocenters. The number of amides is 3. The average molecular weight is 389 g/mol. The monoisotopic (exact) mass is 389 g/mol. The SMILES string of the molecule is C=CCn1c(COc2cccc(C)c2)nnc1S[C@H](C)C(=O)NC(=O)NC. The first-order valence-electron chi connectivity index (χ1n) is 8.36. The number of hydrogen-bond donors (Lipinski definition) is 2. The second-order valence-corrected chi connectivity index (χ2v) is 7.04. The van der Waals surface area contributed by atoms with Gasteiger partial charge >= 0.3 is 6.03 Å². The summed E-state index contributed by atoms with van der Waals surface area (Å²) in [5.41, 5.74) is 1.10. The van der Waals surface area contributed by atoms with Gasteiger partial charge in [0.2, 0.25) is 5.91 Å². The Morgan fingerprint density at radius 1 is 1.41 bits per heavy atom. The number of thioether (sulfide) groups is 1. The molecule has 3 amide bonds. The third-order valence-electron chi connectivity index (χ3n) is 3.58. The Kier molecular flexibility index (Phi) is 7.42. The van der Waals surface area contributed by atoms with Gasteiger partial charge in [-0.3, -0.25) is 14.7 Å². The minimum Gasteiger partial charge on any atom is -0.486 e. The van der Waals surface area contributed by atoms with E-state index in [4.69, 9.17) is 4.74 Å². The van der Waals surface area contributed by atoms with E-state index in [-0.39, 0.29) is 6.61 Å². The molecule has 2 aromatic rings. The van der Waals surface area contributed by atoms with Crippen molar-refractivity contribution in [3.05, 3.63) is 48.3 Å². The number of urea groups is 1. The summed E-state index contributed by atoms with van der Waals surface area (Å²) in [5.74, 6) is 0.957. The third kappa shape index (κ3) is 5.85. The Hall–Kier alpha value is -2.81. The second kappa shape index (κ2) is 9.77. The number of carbonyl (C=O) groups is 2. The van der Waals surface area contributed by atoms with Crippen LogP contribution in [0.15, 0.2) is 42.1 Å². The second-order valence-electron chi connectivity index (χ2n) is 5.73. The lowest BCUT2D eigenvalue weighted by Gasteiger charge is -2.12. The van der Waals surface area contributed by atoms with Gasteiger partial charge in [0.05, 0.1) is 5.25 Å². The fourth-order valence-electron chi connectivity index (χ4n) is 2.17. The molecule has 9 heteroatoms. The number of aryl methyl sites for hydroxylation is 1. The molecule has 8 nitrogen and oxygen atoms in total. The lowest BCUT2D eigenvalue weighted by molar-refractivity contribution is -0.119. The number of nitrogens with zero attached hydrogens (tertiary/aromatic N) is 3. The van der Waals surface area contributed by atoms with Crippen molar-refractivity contribution in [2.45, 2.75) is 37.4 Å². The maximum atomic E-state index is 12.0. The summed E-state index contributed by atoms with van der Waals surface area (Å²) >= 11 is 1.21. The van der Waals surface area contributed by atoms with Crippen molar-refractivity contribution >= 4 is 23.7 Å². The van der Waals surface area contributed by atoms with E-state index in [9.17, 15) is 9.59 Å². The molecule has 2 N–H and O–H groups in total. The predicted octanol–water partition coefficient (Wildman–Crippen LogP) is 2.29. The number of nitrogens with one attached hydrogen (secondary N) is 2. The molecule has 1 aromatic heterocycles. The van der Waals surface area contributed by atoms with Crippen LogP contribution in [-0.4, -0.2) is 39.0 Å². The Bertz CT molecular complexity index is 821. The highest BCUT2D eigenvalue weighted by molar-refractivity contribution is 8.00. The number of allylic oxidation sites excluding steroid dienone is 1. The maximum absolute atomic E-state index is 12.0. The van der Waals surface area contributed by atoms with Gasteiger partial charge in [-0.2, -0.15) is 0 Å². The molecule has 0 fully saturated rings. The number of carbonyl (C=O) groups excluding carboxylic acids is 2. The van der Waals surface area contributed by atoms with Gasteiger partial charge in [-0.05, 0) is 31.5 Å². The standard InChI is InChI=1S/C18H23N5O3S/c1-5-9-23-15(11-26-14-8-6-7-12(2)10-14)21-22-18(23)27-13(3)16(24)20-17(25)19-4/h5-8,10,13H,1,9,11H2,2-4H3,(H2,19,20,24,25)/t13-/m1/s1. The van der Waals surface area contributed by atoms with Crippen LogP contribution < -0.4 is 15.4 Å². The molecular formula is C18H23N5O3S. The van der Waals surface area contributed by atoms with Gasteiger partial charge < -0.3 is 10.1 Å². The number of imide groups is 1. The number of benzene rings is 1. The van der Waals surface area contributed by atoms with Crippen molar-refractivity contribution in [2.75, 3.05) is 7.05 Å². The fraction of sp³-hybridized carbons (Fsp3) is 0.333. The molecule has 0 bridgehead atoms. The van der Waals surface area contributed by atoms with E-state index >= 15 is 0 Å². The summed E-state index contributed by atoms with van der Waals surface area (Å²) in [6.07, 6.45) is 1.72. The van der Waals surface area contributed by atoms with Crippen LogP contribution in [0.4, 0.5) is 4.79 Å². The lowest BCUT2D eigenvalue weighted by atomic mass is 10.2. The molecule has 27 heavy (non-hydrogen) atoms. The molecule has 144 valence electrons. The number of rotatable bonds is 8. The summed E-state index contributed by atoms with van der Waals surface area (Å²) < 4.78 is 7.62. The lowest BCUT2D eigenvalue weighted by Crippen LogP contribution is -2.41. The van der Waals surface area contributed by atoms with E-state index < -0.39 is 17.2 Å². The van der Waals surface area contributed by atoms with E-state index in [1.54, 1.807) is 13.0 Å². The van der Waals surface area contributed by atoms with Crippen molar-refractivity contribution in [1.29, 1.82) is 0 Å². The van der Waals surface area contributed by atoms with Crippen LogP contribution in [0.5, 0.6) is 5.75 Å². The molecule has 2 rings (SSSR count). The highest BCUT2D eigenvalue weighted by atomic mass is 32.2. The van der Waals surface area contributed by atoms with Gasteiger partial charge in [-0.25, -0.2) is 4.79 Å². The molecule has 0 saturated heterocycles. The summed E-state index contributed by atoms with van der Waals surface area (Å²) in [5, 5.41) is 12.9. The minimum atomic E-state index is -0.549. The van der Waals surface area contributed by atoms with Crippen LogP contribution in [-0.2, 0) is 17.9 Å². The van der Waals surface area contributed by atoms with Crippen LogP contribution in [0.1, 0.15) is 18.3 Å². The zero-order valence-corrected chi connectivity index (χ0v) is 16.4. The van der Waals surface area contributed by atoms with Crippen LogP contribution in [0.3, 0.4) is 0 Å². The smallest absolute Gasteiger partial charge is 0.321 e. The molecule has 0 radical (unpaired) electrons. The van der Waals surface area contributed by atoms with E-state index in [1.807, 2.05) is 35.8 Å². The number of ether oxygens (including phenoxy) is 1. The number of hydrogen-bond acceptors (Lipinski definition) is 6. The van der Waals surface area contributed by atoms with E-state index in [2.05, 4.69) is 27.4 Å². The summed E-state index contributed by atoms with van der Waals surface area (Å²) in [7, 11) is 1.45. The molecular weight excluding hydrogens is 366 g/mol. The average Bonchev–Trinajstić information content (AvgIpc) is 3.01. The zero-order valence-electron chi connectivity index (χ0n) is 15.6.